The zero-order valence-electron chi connectivity index (χ0n) is 14.2. The molecule has 1 aliphatic heterocycles. The number of halogens is 2. The molecule has 0 spiro atoms. The summed E-state index contributed by atoms with van der Waals surface area (Å²) in [5, 5.41) is 13.4. The van der Waals surface area contributed by atoms with E-state index in [4.69, 9.17) is 9.47 Å². The Kier molecular flexibility index (Phi) is 4.92. The van der Waals surface area contributed by atoms with Gasteiger partial charge in [-0.15, -0.1) is 0 Å². The highest BCUT2D eigenvalue weighted by molar-refractivity contribution is 5.45. The minimum absolute atomic E-state index is 0.0619. The third-order valence-corrected chi connectivity index (χ3v) is 4.32. The number of hydrogen-bond donors (Lipinski definition) is 2. The topological polar surface area (TPSA) is 50.7 Å². The summed E-state index contributed by atoms with van der Waals surface area (Å²) in [4.78, 5) is 0. The highest BCUT2D eigenvalue weighted by Gasteiger charge is 2.24. The lowest BCUT2D eigenvalue weighted by atomic mass is 9.93. The van der Waals surface area contributed by atoms with E-state index in [1.165, 1.54) is 6.07 Å². The van der Waals surface area contributed by atoms with Crippen molar-refractivity contribution in [1.82, 2.24) is 5.32 Å². The molecular formula is C19H21F2NO3. The summed E-state index contributed by atoms with van der Waals surface area (Å²) in [5.41, 5.74) is 0.517. The van der Waals surface area contributed by atoms with Gasteiger partial charge in [-0.3, -0.25) is 0 Å². The van der Waals surface area contributed by atoms with Crippen LogP contribution in [0.1, 0.15) is 31.1 Å². The van der Waals surface area contributed by atoms with Crippen molar-refractivity contribution in [1.29, 1.82) is 0 Å². The number of hydrogen-bond acceptors (Lipinski definition) is 4. The minimum Gasteiger partial charge on any atom is -0.486 e. The Bertz CT molecular complexity index is 764. The molecule has 0 bridgehead atoms. The first kappa shape index (κ1) is 17.6. The number of aliphatic hydroxyl groups is 1. The van der Waals surface area contributed by atoms with Crippen molar-refractivity contribution in [2.45, 2.75) is 25.5 Å². The standard InChI is InChI=1S/C19H21F2NO3/c1-19(2,12-3-6-17-18(9-12)25-8-7-24-17)22-11-16(23)14-5-4-13(20)10-15(14)21/h3-6,9-10,16,22-23H,7-8,11H2,1-2H3. The fourth-order valence-corrected chi connectivity index (χ4v) is 2.77. The second kappa shape index (κ2) is 6.98. The number of ether oxygens (including phenoxy) is 2. The second-order valence-electron chi connectivity index (χ2n) is 6.55. The van der Waals surface area contributed by atoms with Crippen LogP contribution < -0.4 is 14.8 Å². The molecule has 0 fully saturated rings. The van der Waals surface area contributed by atoms with Crippen LogP contribution >= 0.6 is 0 Å². The van der Waals surface area contributed by atoms with Gasteiger partial charge >= 0.3 is 0 Å². The average molecular weight is 349 g/mol. The van der Waals surface area contributed by atoms with Crippen molar-refractivity contribution in [2.24, 2.45) is 0 Å². The van der Waals surface area contributed by atoms with Crippen LogP contribution in [0.2, 0.25) is 0 Å². The molecule has 4 nitrogen and oxygen atoms in total. The molecule has 2 N–H and O–H groups in total. The molecule has 1 atom stereocenters. The van der Waals surface area contributed by atoms with E-state index in [2.05, 4.69) is 5.32 Å². The number of fused-ring (bicyclic) bond motifs is 1. The molecule has 2 aromatic carbocycles. The zero-order chi connectivity index (χ0) is 18.0. The van der Waals surface area contributed by atoms with Gasteiger partial charge in [0.05, 0.1) is 6.10 Å². The van der Waals surface area contributed by atoms with Crippen LogP contribution in [0.4, 0.5) is 8.78 Å². The maximum atomic E-state index is 13.8. The Morgan fingerprint density at radius 1 is 1.08 bits per heavy atom. The van der Waals surface area contributed by atoms with Crippen LogP contribution in [0.5, 0.6) is 11.5 Å². The maximum Gasteiger partial charge on any atom is 0.161 e. The summed E-state index contributed by atoms with van der Waals surface area (Å²) >= 11 is 0. The van der Waals surface area contributed by atoms with Crippen LogP contribution in [0.3, 0.4) is 0 Å². The fraction of sp³-hybridized carbons (Fsp3) is 0.368. The van der Waals surface area contributed by atoms with Crippen LogP contribution in [0.15, 0.2) is 36.4 Å². The van der Waals surface area contributed by atoms with E-state index < -0.39 is 23.3 Å². The first-order valence-corrected chi connectivity index (χ1v) is 8.15. The SMILES string of the molecule is CC(C)(NCC(O)c1ccc(F)cc1F)c1ccc2c(c1)OCCO2. The molecule has 1 aliphatic rings. The Labute approximate surface area is 145 Å². The van der Waals surface area contributed by atoms with E-state index in [0.717, 1.165) is 17.7 Å². The molecule has 1 unspecified atom stereocenters. The van der Waals surface area contributed by atoms with Gasteiger partial charge in [-0.25, -0.2) is 8.78 Å². The normalized spacial score (nSPS) is 15.1. The Morgan fingerprint density at radius 3 is 2.52 bits per heavy atom. The third-order valence-electron chi connectivity index (χ3n) is 4.32. The summed E-state index contributed by atoms with van der Waals surface area (Å²) in [6.07, 6.45) is -1.09. The lowest BCUT2D eigenvalue weighted by Crippen LogP contribution is -2.39. The van der Waals surface area contributed by atoms with E-state index >= 15 is 0 Å². The first-order valence-electron chi connectivity index (χ1n) is 8.15. The van der Waals surface area contributed by atoms with Crippen molar-refractivity contribution in [3.63, 3.8) is 0 Å². The predicted molar refractivity (Wildman–Crippen MR) is 89.8 cm³/mol. The summed E-state index contributed by atoms with van der Waals surface area (Å²) in [5.74, 6) is -0.0348. The molecule has 134 valence electrons. The highest BCUT2D eigenvalue weighted by atomic mass is 19.1. The molecule has 0 saturated heterocycles. The average Bonchev–Trinajstić information content (AvgIpc) is 2.59. The maximum absolute atomic E-state index is 13.8. The van der Waals surface area contributed by atoms with Crippen molar-refractivity contribution in [2.75, 3.05) is 19.8 Å². The second-order valence-corrected chi connectivity index (χ2v) is 6.55. The van der Waals surface area contributed by atoms with Crippen molar-refractivity contribution in [3.05, 3.63) is 59.2 Å². The molecule has 0 radical (unpaired) electrons. The monoisotopic (exact) mass is 349 g/mol. The summed E-state index contributed by atoms with van der Waals surface area (Å²) in [6.45, 7) is 5.05. The summed E-state index contributed by atoms with van der Waals surface area (Å²) in [7, 11) is 0. The molecular weight excluding hydrogens is 328 g/mol. The van der Waals surface area contributed by atoms with Crippen LogP contribution in [0, 0.1) is 11.6 Å². The van der Waals surface area contributed by atoms with Gasteiger partial charge in [-0.05, 0) is 37.6 Å². The van der Waals surface area contributed by atoms with Gasteiger partial charge in [0, 0.05) is 23.7 Å². The molecule has 1 heterocycles. The molecule has 0 saturated carbocycles. The largest absolute Gasteiger partial charge is 0.486 e. The molecule has 6 heteroatoms. The van der Waals surface area contributed by atoms with E-state index in [1.54, 1.807) is 0 Å². The van der Waals surface area contributed by atoms with Gasteiger partial charge in [0.15, 0.2) is 11.5 Å². The smallest absolute Gasteiger partial charge is 0.161 e. The first-order chi connectivity index (χ1) is 11.9. The van der Waals surface area contributed by atoms with Crippen LogP contribution in [-0.2, 0) is 5.54 Å². The summed E-state index contributed by atoms with van der Waals surface area (Å²) < 4.78 is 37.9. The zero-order valence-corrected chi connectivity index (χ0v) is 14.2. The van der Waals surface area contributed by atoms with Gasteiger partial charge in [0.1, 0.15) is 24.8 Å². The van der Waals surface area contributed by atoms with Crippen molar-refractivity contribution >= 4 is 0 Å². The Morgan fingerprint density at radius 2 is 1.80 bits per heavy atom. The quantitative estimate of drug-likeness (QED) is 0.870. The van der Waals surface area contributed by atoms with Crippen molar-refractivity contribution < 1.29 is 23.4 Å². The fourth-order valence-electron chi connectivity index (χ4n) is 2.77. The minimum atomic E-state index is -1.09. The van der Waals surface area contributed by atoms with E-state index in [-0.39, 0.29) is 12.1 Å². The Balaban J connectivity index is 1.70. The van der Waals surface area contributed by atoms with E-state index in [1.807, 2.05) is 32.0 Å². The highest BCUT2D eigenvalue weighted by Crippen LogP contribution is 2.34. The van der Waals surface area contributed by atoms with Crippen LogP contribution in [0.25, 0.3) is 0 Å². The van der Waals surface area contributed by atoms with Gasteiger partial charge in [0.25, 0.3) is 0 Å². The van der Waals surface area contributed by atoms with E-state index in [0.29, 0.717) is 24.7 Å². The van der Waals surface area contributed by atoms with Gasteiger partial charge < -0.3 is 19.9 Å². The van der Waals surface area contributed by atoms with Gasteiger partial charge in [0.2, 0.25) is 0 Å². The molecule has 0 aromatic heterocycles. The number of benzene rings is 2. The van der Waals surface area contributed by atoms with Gasteiger partial charge in [-0.2, -0.15) is 0 Å². The molecule has 25 heavy (non-hydrogen) atoms. The summed E-state index contributed by atoms with van der Waals surface area (Å²) in [6, 6.07) is 8.83. The van der Waals surface area contributed by atoms with Gasteiger partial charge in [-0.1, -0.05) is 12.1 Å². The molecule has 0 amide bonds. The third kappa shape index (κ3) is 3.91. The predicted octanol–water partition coefficient (Wildman–Crippen LogP) is 3.29. The lowest BCUT2D eigenvalue weighted by molar-refractivity contribution is 0.155. The number of nitrogens with one attached hydrogen (secondary N) is 1. The van der Waals surface area contributed by atoms with Crippen molar-refractivity contribution in [3.8, 4) is 11.5 Å². The Hall–Kier alpha value is -2.18. The number of rotatable bonds is 5. The molecule has 2 aromatic rings. The number of aliphatic hydroxyl groups excluding tert-OH is 1. The lowest BCUT2D eigenvalue weighted by Gasteiger charge is -2.30. The van der Waals surface area contributed by atoms with Crippen LogP contribution in [-0.4, -0.2) is 24.9 Å². The molecule has 0 aliphatic carbocycles. The molecule has 3 rings (SSSR count). The van der Waals surface area contributed by atoms with E-state index in [9.17, 15) is 13.9 Å².